The lowest BCUT2D eigenvalue weighted by Crippen LogP contribution is -2.49. The number of benzene rings is 1. The monoisotopic (exact) mass is 357 g/mol. The fourth-order valence-corrected chi connectivity index (χ4v) is 2.85. The van der Waals surface area contributed by atoms with Crippen molar-refractivity contribution in [1.29, 1.82) is 0 Å². The Labute approximate surface area is 150 Å². The minimum atomic E-state index is -0.466. The van der Waals surface area contributed by atoms with Gasteiger partial charge in [0.1, 0.15) is 0 Å². The first-order valence-electron chi connectivity index (χ1n) is 8.16. The zero-order valence-corrected chi connectivity index (χ0v) is 14.6. The number of hydrogen-bond donors (Lipinski definition) is 0. The van der Waals surface area contributed by atoms with E-state index in [1.54, 1.807) is 30.0 Å². The van der Waals surface area contributed by atoms with E-state index in [0.717, 1.165) is 5.82 Å². The van der Waals surface area contributed by atoms with Gasteiger partial charge in [-0.1, -0.05) is 6.07 Å². The number of methoxy groups -OCH3 is 1. The molecule has 0 N–H and O–H groups in total. The summed E-state index contributed by atoms with van der Waals surface area (Å²) in [7, 11) is 1.53. The number of rotatable bonds is 4. The van der Waals surface area contributed by atoms with Crippen LogP contribution in [0.4, 0.5) is 11.5 Å². The zero-order chi connectivity index (χ0) is 18.7. The van der Waals surface area contributed by atoms with E-state index in [2.05, 4.69) is 10.2 Å². The minimum Gasteiger partial charge on any atom is -0.480 e. The van der Waals surface area contributed by atoms with Crippen molar-refractivity contribution in [2.75, 3.05) is 38.2 Å². The highest BCUT2D eigenvalue weighted by molar-refractivity contribution is 5.95. The summed E-state index contributed by atoms with van der Waals surface area (Å²) in [5.74, 6) is 0.973. The molecule has 9 nitrogen and oxygen atoms in total. The molecule has 0 bridgehead atoms. The Balaban J connectivity index is 1.66. The van der Waals surface area contributed by atoms with Crippen molar-refractivity contribution in [2.24, 2.45) is 0 Å². The third-order valence-corrected chi connectivity index (χ3v) is 4.38. The second-order valence-electron chi connectivity index (χ2n) is 5.97. The summed E-state index contributed by atoms with van der Waals surface area (Å²) in [6.45, 7) is 3.89. The molecule has 1 saturated heterocycles. The van der Waals surface area contributed by atoms with Gasteiger partial charge in [-0.25, -0.2) is 0 Å². The molecule has 1 aromatic carbocycles. The predicted molar refractivity (Wildman–Crippen MR) is 94.5 cm³/mol. The van der Waals surface area contributed by atoms with E-state index in [0.29, 0.717) is 43.2 Å². The zero-order valence-electron chi connectivity index (χ0n) is 14.6. The number of hydrogen-bond acceptors (Lipinski definition) is 7. The third-order valence-electron chi connectivity index (χ3n) is 4.38. The van der Waals surface area contributed by atoms with Gasteiger partial charge in [-0.05, 0) is 19.1 Å². The molecular weight excluding hydrogens is 338 g/mol. The normalized spacial score (nSPS) is 14.2. The van der Waals surface area contributed by atoms with Crippen molar-refractivity contribution in [3.05, 3.63) is 51.6 Å². The van der Waals surface area contributed by atoms with Gasteiger partial charge in [-0.15, -0.1) is 10.2 Å². The Hall–Kier alpha value is -3.23. The van der Waals surface area contributed by atoms with Gasteiger partial charge in [-0.2, -0.15) is 0 Å². The summed E-state index contributed by atoms with van der Waals surface area (Å²) in [6.07, 6.45) is 0. The Morgan fingerprint density at radius 2 is 1.88 bits per heavy atom. The van der Waals surface area contributed by atoms with Crippen LogP contribution < -0.4 is 9.64 Å². The Morgan fingerprint density at radius 1 is 1.15 bits per heavy atom. The Kier molecular flexibility index (Phi) is 4.97. The number of nitro benzene ring substituents is 1. The van der Waals surface area contributed by atoms with Crippen LogP contribution in [0.2, 0.25) is 0 Å². The summed E-state index contributed by atoms with van der Waals surface area (Å²) in [6, 6.07) is 8.15. The van der Waals surface area contributed by atoms with Crippen molar-refractivity contribution < 1.29 is 14.5 Å². The molecule has 0 aliphatic carbocycles. The second-order valence-corrected chi connectivity index (χ2v) is 5.97. The molecule has 26 heavy (non-hydrogen) atoms. The summed E-state index contributed by atoms with van der Waals surface area (Å²) in [5, 5.41) is 19.1. The SMILES string of the molecule is COc1ccc(N2CCN(C(=O)c3ccc(C)c([N+](=O)[O-])c3)CC2)nn1. The number of anilines is 1. The first kappa shape index (κ1) is 17.6. The molecule has 0 saturated carbocycles. The van der Waals surface area contributed by atoms with Crippen molar-refractivity contribution in [2.45, 2.75) is 6.92 Å². The Bertz CT molecular complexity index is 816. The molecule has 1 aliphatic heterocycles. The van der Waals surface area contributed by atoms with Crippen LogP contribution in [0, 0.1) is 17.0 Å². The minimum absolute atomic E-state index is 0.0389. The molecule has 1 aliphatic rings. The average Bonchev–Trinajstić information content (AvgIpc) is 2.68. The average molecular weight is 357 g/mol. The number of carbonyl (C=O) groups excluding carboxylic acids is 1. The van der Waals surface area contributed by atoms with E-state index in [9.17, 15) is 14.9 Å². The number of aryl methyl sites for hydroxylation is 1. The van der Waals surface area contributed by atoms with E-state index in [1.807, 2.05) is 11.0 Å². The number of nitro groups is 1. The van der Waals surface area contributed by atoms with Gasteiger partial charge >= 0.3 is 0 Å². The molecular formula is C17H19N5O4. The molecule has 2 aromatic rings. The maximum Gasteiger partial charge on any atom is 0.273 e. The van der Waals surface area contributed by atoms with Crippen molar-refractivity contribution in [1.82, 2.24) is 15.1 Å². The molecule has 3 rings (SSSR count). The van der Waals surface area contributed by atoms with Crippen LogP contribution in [0.5, 0.6) is 5.88 Å². The van der Waals surface area contributed by atoms with Crippen LogP contribution in [-0.2, 0) is 0 Å². The van der Waals surface area contributed by atoms with Gasteiger partial charge < -0.3 is 14.5 Å². The quantitative estimate of drug-likeness (QED) is 0.606. The number of piperazine rings is 1. The maximum absolute atomic E-state index is 12.7. The van der Waals surface area contributed by atoms with Crippen LogP contribution in [-0.4, -0.2) is 59.2 Å². The van der Waals surface area contributed by atoms with E-state index in [4.69, 9.17) is 4.74 Å². The number of carbonyl (C=O) groups is 1. The molecule has 1 aromatic heterocycles. The van der Waals surface area contributed by atoms with Crippen molar-refractivity contribution >= 4 is 17.4 Å². The van der Waals surface area contributed by atoms with Gasteiger partial charge in [0.25, 0.3) is 11.6 Å². The molecule has 136 valence electrons. The summed E-state index contributed by atoms with van der Waals surface area (Å²) in [5.41, 5.74) is 0.831. The Morgan fingerprint density at radius 3 is 2.46 bits per heavy atom. The second kappa shape index (κ2) is 7.34. The number of ether oxygens (including phenoxy) is 1. The molecule has 1 fully saturated rings. The summed E-state index contributed by atoms with van der Waals surface area (Å²) < 4.78 is 5.00. The number of aromatic nitrogens is 2. The molecule has 0 radical (unpaired) electrons. The first-order chi connectivity index (χ1) is 12.5. The predicted octanol–water partition coefficient (Wildman–Crippen LogP) is 1.66. The third kappa shape index (κ3) is 3.56. The molecule has 9 heteroatoms. The van der Waals surface area contributed by atoms with E-state index in [1.165, 1.54) is 13.2 Å². The molecule has 0 atom stereocenters. The summed E-state index contributed by atoms with van der Waals surface area (Å²) >= 11 is 0. The van der Waals surface area contributed by atoms with Gasteiger partial charge in [0.15, 0.2) is 5.82 Å². The van der Waals surface area contributed by atoms with Gasteiger partial charge in [0.05, 0.1) is 12.0 Å². The standard InChI is InChI=1S/C17H19N5O4/c1-12-3-4-13(11-14(12)22(24)25)17(23)21-9-7-20(8-10-21)15-5-6-16(26-2)19-18-15/h3-6,11H,7-10H2,1-2H3. The van der Waals surface area contributed by atoms with E-state index >= 15 is 0 Å². The lowest BCUT2D eigenvalue weighted by atomic mass is 10.1. The lowest BCUT2D eigenvalue weighted by Gasteiger charge is -2.35. The van der Waals surface area contributed by atoms with Crippen molar-refractivity contribution in [3.63, 3.8) is 0 Å². The highest BCUT2D eigenvalue weighted by Crippen LogP contribution is 2.21. The van der Waals surface area contributed by atoms with Crippen LogP contribution in [0.25, 0.3) is 0 Å². The fourth-order valence-electron chi connectivity index (χ4n) is 2.85. The smallest absolute Gasteiger partial charge is 0.273 e. The van der Waals surface area contributed by atoms with Crippen LogP contribution >= 0.6 is 0 Å². The number of nitrogens with zero attached hydrogens (tertiary/aromatic N) is 5. The fraction of sp³-hybridized carbons (Fsp3) is 0.353. The van der Waals surface area contributed by atoms with Crippen molar-refractivity contribution in [3.8, 4) is 5.88 Å². The molecule has 2 heterocycles. The topological polar surface area (TPSA) is 102 Å². The largest absolute Gasteiger partial charge is 0.480 e. The number of amides is 1. The maximum atomic E-state index is 12.7. The molecule has 1 amide bonds. The lowest BCUT2D eigenvalue weighted by molar-refractivity contribution is -0.385. The van der Waals surface area contributed by atoms with Gasteiger partial charge in [-0.3, -0.25) is 14.9 Å². The molecule has 0 unspecified atom stereocenters. The van der Waals surface area contributed by atoms with Crippen LogP contribution in [0.1, 0.15) is 15.9 Å². The highest BCUT2D eigenvalue weighted by atomic mass is 16.6. The molecule has 0 spiro atoms. The summed E-state index contributed by atoms with van der Waals surface area (Å²) in [4.78, 5) is 27.0. The van der Waals surface area contributed by atoms with Gasteiger partial charge in [0.2, 0.25) is 5.88 Å². The van der Waals surface area contributed by atoms with E-state index in [-0.39, 0.29) is 11.6 Å². The van der Waals surface area contributed by atoms with E-state index < -0.39 is 4.92 Å². The van der Waals surface area contributed by atoms with Gasteiger partial charge in [0, 0.05) is 49.4 Å². The first-order valence-corrected chi connectivity index (χ1v) is 8.16. The highest BCUT2D eigenvalue weighted by Gasteiger charge is 2.24. The van der Waals surface area contributed by atoms with Crippen LogP contribution in [0.15, 0.2) is 30.3 Å². The van der Waals surface area contributed by atoms with Crippen LogP contribution in [0.3, 0.4) is 0 Å².